The van der Waals surface area contributed by atoms with Gasteiger partial charge in [-0.1, -0.05) is 23.7 Å². The van der Waals surface area contributed by atoms with Gasteiger partial charge in [-0.2, -0.15) is 0 Å². The number of nitrogens with zero attached hydrogens (tertiary/aromatic N) is 2. The largest absolute Gasteiger partial charge is 0.228 e. The molecule has 0 spiro atoms. The van der Waals surface area contributed by atoms with Crippen LogP contribution in [0.1, 0.15) is 5.56 Å². The number of hydrogen-bond donors (Lipinski definition) is 0. The first-order valence-electron chi connectivity index (χ1n) is 5.44. The SMILES string of the molecule is Cc1cccc2nc(-c3cc(Br)sc3Br)nc(Cl)c12. The van der Waals surface area contributed by atoms with Crippen LogP contribution in [0.15, 0.2) is 31.8 Å². The van der Waals surface area contributed by atoms with Crippen LogP contribution >= 0.6 is 54.8 Å². The molecule has 2 aromatic heterocycles. The van der Waals surface area contributed by atoms with Crippen molar-refractivity contribution in [2.24, 2.45) is 0 Å². The third-order valence-electron chi connectivity index (χ3n) is 2.79. The van der Waals surface area contributed by atoms with E-state index in [1.807, 2.05) is 31.2 Å². The quantitative estimate of drug-likeness (QED) is 0.464. The number of thiophene rings is 1. The summed E-state index contributed by atoms with van der Waals surface area (Å²) in [5.74, 6) is 0.636. The highest BCUT2D eigenvalue weighted by Gasteiger charge is 2.14. The van der Waals surface area contributed by atoms with Crippen molar-refractivity contribution < 1.29 is 0 Å². The lowest BCUT2D eigenvalue weighted by atomic mass is 10.1. The van der Waals surface area contributed by atoms with E-state index in [0.29, 0.717) is 11.0 Å². The Labute approximate surface area is 136 Å². The van der Waals surface area contributed by atoms with Gasteiger partial charge in [0.25, 0.3) is 0 Å². The molecule has 0 saturated heterocycles. The first-order chi connectivity index (χ1) is 9.06. The normalized spacial score (nSPS) is 11.2. The Kier molecular flexibility index (Phi) is 3.64. The van der Waals surface area contributed by atoms with E-state index in [9.17, 15) is 0 Å². The minimum Gasteiger partial charge on any atom is -0.228 e. The van der Waals surface area contributed by atoms with Crippen molar-refractivity contribution in [3.05, 3.63) is 42.6 Å². The molecule has 19 heavy (non-hydrogen) atoms. The molecule has 0 fully saturated rings. The van der Waals surface area contributed by atoms with Crippen molar-refractivity contribution in [3.63, 3.8) is 0 Å². The van der Waals surface area contributed by atoms with Crippen molar-refractivity contribution in [2.75, 3.05) is 0 Å². The molecule has 0 bridgehead atoms. The van der Waals surface area contributed by atoms with Crippen LogP contribution in [0.2, 0.25) is 5.15 Å². The highest BCUT2D eigenvalue weighted by Crippen LogP contribution is 2.38. The highest BCUT2D eigenvalue weighted by molar-refractivity contribution is 9.12. The van der Waals surface area contributed by atoms with E-state index in [-0.39, 0.29) is 0 Å². The number of halogens is 3. The molecule has 0 unspecified atom stereocenters. The van der Waals surface area contributed by atoms with Crippen molar-refractivity contribution >= 4 is 65.7 Å². The highest BCUT2D eigenvalue weighted by atomic mass is 79.9. The van der Waals surface area contributed by atoms with E-state index >= 15 is 0 Å². The van der Waals surface area contributed by atoms with Gasteiger partial charge in [0.1, 0.15) is 5.15 Å². The molecule has 0 radical (unpaired) electrons. The number of rotatable bonds is 1. The summed E-state index contributed by atoms with van der Waals surface area (Å²) in [6.07, 6.45) is 0. The Morgan fingerprint density at radius 2 is 2.00 bits per heavy atom. The topological polar surface area (TPSA) is 25.8 Å². The molecule has 1 aromatic carbocycles. The van der Waals surface area contributed by atoms with Gasteiger partial charge in [-0.3, -0.25) is 0 Å². The summed E-state index contributed by atoms with van der Waals surface area (Å²) in [7, 11) is 0. The second kappa shape index (κ2) is 5.13. The maximum absolute atomic E-state index is 6.30. The van der Waals surface area contributed by atoms with Gasteiger partial charge in [0.2, 0.25) is 0 Å². The van der Waals surface area contributed by atoms with E-state index < -0.39 is 0 Å². The van der Waals surface area contributed by atoms with Crippen molar-refractivity contribution in [1.82, 2.24) is 9.97 Å². The van der Waals surface area contributed by atoms with Gasteiger partial charge in [-0.25, -0.2) is 9.97 Å². The molecule has 0 saturated carbocycles. The molecule has 96 valence electrons. The van der Waals surface area contributed by atoms with Crippen LogP contribution < -0.4 is 0 Å². The maximum Gasteiger partial charge on any atom is 0.163 e. The van der Waals surface area contributed by atoms with E-state index in [1.54, 1.807) is 11.3 Å². The van der Waals surface area contributed by atoms with E-state index in [1.165, 1.54) is 0 Å². The van der Waals surface area contributed by atoms with Gasteiger partial charge in [-0.05, 0) is 56.5 Å². The second-order valence-corrected chi connectivity index (χ2v) is 8.15. The molecule has 3 rings (SSSR count). The Balaban J connectivity index is 2.30. The molecular weight excluding hydrogens is 411 g/mol. The fourth-order valence-electron chi connectivity index (χ4n) is 1.91. The summed E-state index contributed by atoms with van der Waals surface area (Å²) >= 11 is 14.9. The number of hydrogen-bond acceptors (Lipinski definition) is 3. The summed E-state index contributed by atoms with van der Waals surface area (Å²) in [5, 5.41) is 1.41. The Morgan fingerprint density at radius 3 is 2.68 bits per heavy atom. The fraction of sp³-hybridized carbons (Fsp3) is 0.0769. The average Bonchev–Trinajstić information content (AvgIpc) is 2.68. The first kappa shape index (κ1) is 13.5. The lowest BCUT2D eigenvalue weighted by molar-refractivity contribution is 1.22. The van der Waals surface area contributed by atoms with Crippen LogP contribution in [0.5, 0.6) is 0 Å². The average molecular weight is 419 g/mol. The molecular formula is C13H7Br2ClN2S. The van der Waals surface area contributed by atoms with E-state index in [0.717, 1.165) is 29.6 Å². The number of benzene rings is 1. The zero-order valence-electron chi connectivity index (χ0n) is 9.75. The first-order valence-corrected chi connectivity index (χ1v) is 8.22. The van der Waals surface area contributed by atoms with Crippen LogP contribution in [0, 0.1) is 6.92 Å². The molecule has 3 aromatic rings. The summed E-state index contributed by atoms with van der Waals surface area (Å²) in [4.78, 5) is 9.02. The molecule has 0 aliphatic rings. The number of fused-ring (bicyclic) bond motifs is 1. The molecule has 0 N–H and O–H groups in total. The third kappa shape index (κ3) is 2.44. The molecule has 0 amide bonds. The zero-order chi connectivity index (χ0) is 13.6. The van der Waals surface area contributed by atoms with Gasteiger partial charge >= 0.3 is 0 Å². The van der Waals surface area contributed by atoms with Gasteiger partial charge < -0.3 is 0 Å². The molecule has 6 heteroatoms. The van der Waals surface area contributed by atoms with Crippen LogP contribution in [-0.4, -0.2) is 9.97 Å². The van der Waals surface area contributed by atoms with Crippen molar-refractivity contribution in [1.29, 1.82) is 0 Å². The Hall–Kier alpha value is -0.490. The minimum absolute atomic E-state index is 0.493. The van der Waals surface area contributed by atoms with E-state index in [2.05, 4.69) is 41.8 Å². The minimum atomic E-state index is 0.493. The molecule has 2 heterocycles. The molecule has 0 aliphatic heterocycles. The smallest absolute Gasteiger partial charge is 0.163 e. The lowest BCUT2D eigenvalue weighted by Crippen LogP contribution is -1.92. The second-order valence-electron chi connectivity index (χ2n) is 4.04. The summed E-state index contributed by atoms with van der Waals surface area (Å²) < 4.78 is 2.01. The predicted octanol–water partition coefficient (Wildman–Crippen LogP) is 5.85. The fourth-order valence-corrected chi connectivity index (χ4v) is 5.03. The number of aromatic nitrogens is 2. The molecule has 2 nitrogen and oxygen atoms in total. The van der Waals surface area contributed by atoms with Gasteiger partial charge in [0.15, 0.2) is 5.82 Å². The third-order valence-corrected chi connectivity index (χ3v) is 5.40. The molecule has 0 aliphatic carbocycles. The number of aryl methyl sites for hydroxylation is 1. The summed E-state index contributed by atoms with van der Waals surface area (Å²) in [5.41, 5.74) is 2.89. The summed E-state index contributed by atoms with van der Waals surface area (Å²) in [6, 6.07) is 7.93. The Bertz CT molecular complexity index is 786. The van der Waals surface area contributed by atoms with Crippen molar-refractivity contribution in [3.8, 4) is 11.4 Å². The standard InChI is InChI=1S/C13H7Br2ClN2S/c1-6-3-2-4-8-10(6)12(16)18-13(17-8)7-5-9(14)19-11(7)15/h2-5H,1H3. The Morgan fingerprint density at radius 1 is 1.21 bits per heavy atom. The lowest BCUT2D eigenvalue weighted by Gasteiger charge is -2.06. The van der Waals surface area contributed by atoms with Crippen LogP contribution in [0.25, 0.3) is 22.3 Å². The maximum atomic E-state index is 6.30. The van der Waals surface area contributed by atoms with Crippen LogP contribution in [-0.2, 0) is 0 Å². The molecule has 0 atom stereocenters. The predicted molar refractivity (Wildman–Crippen MR) is 88.0 cm³/mol. The zero-order valence-corrected chi connectivity index (χ0v) is 14.5. The van der Waals surface area contributed by atoms with Crippen molar-refractivity contribution in [2.45, 2.75) is 6.92 Å². The summed E-state index contributed by atoms with van der Waals surface area (Å²) in [6.45, 7) is 2.01. The van der Waals surface area contributed by atoms with Gasteiger partial charge in [0.05, 0.1) is 13.1 Å². The van der Waals surface area contributed by atoms with E-state index in [4.69, 9.17) is 11.6 Å². The van der Waals surface area contributed by atoms with Gasteiger partial charge in [-0.15, -0.1) is 11.3 Å². The van der Waals surface area contributed by atoms with Crippen LogP contribution in [0.4, 0.5) is 0 Å². The monoisotopic (exact) mass is 416 g/mol. The van der Waals surface area contributed by atoms with Gasteiger partial charge in [0, 0.05) is 10.9 Å². The van der Waals surface area contributed by atoms with Crippen LogP contribution in [0.3, 0.4) is 0 Å².